The van der Waals surface area contributed by atoms with Gasteiger partial charge in [0.25, 0.3) is 0 Å². The van der Waals surface area contributed by atoms with Crippen LogP contribution in [0.5, 0.6) is 11.5 Å². The van der Waals surface area contributed by atoms with Crippen LogP contribution < -0.4 is 81.0 Å². The molecule has 0 aliphatic carbocycles. The van der Waals surface area contributed by atoms with Crippen molar-refractivity contribution in [3.05, 3.63) is 242 Å². The summed E-state index contributed by atoms with van der Waals surface area (Å²) in [4.78, 5) is 94.7. The summed E-state index contributed by atoms with van der Waals surface area (Å²) in [5, 5.41) is 54.6. The third-order valence-electron chi connectivity index (χ3n) is 17.8. The first kappa shape index (κ1) is 130. The molecule has 7 aromatic carbocycles. The Kier molecular flexibility index (Phi) is 62.5. The van der Waals surface area contributed by atoms with Gasteiger partial charge in [0.2, 0.25) is 85.2 Å². The lowest BCUT2D eigenvalue weighted by Gasteiger charge is -2.19. The molecule has 5 heterocycles. The van der Waals surface area contributed by atoms with E-state index in [-0.39, 0.29) is 145 Å². The van der Waals surface area contributed by atoms with Crippen LogP contribution in [0.2, 0.25) is 31.7 Å². The Balaban J connectivity index is 0.000000467. The van der Waals surface area contributed by atoms with Crippen LogP contribution in [-0.4, -0.2) is 186 Å². The number of benzene rings is 7. The lowest BCUT2D eigenvalue weighted by Crippen LogP contribution is -2.33. The first-order valence-corrected chi connectivity index (χ1v) is 48.2. The number of ether oxygens (including phenoxy) is 3. The van der Waals surface area contributed by atoms with Crippen molar-refractivity contribution in [2.75, 3.05) is 119 Å². The van der Waals surface area contributed by atoms with Crippen LogP contribution in [0.1, 0.15) is 150 Å². The number of carbonyl (C=O) groups excluding carboxylic acids is 3. The molecule has 0 aliphatic heterocycles. The summed E-state index contributed by atoms with van der Waals surface area (Å²) in [6.07, 6.45) is 11.4. The molecule has 12 aromatic rings. The molecule has 12 rings (SSSR count). The number of phenolic OH excluding ortho intramolecular Hbond substituents is 2. The molecular weight excluding hydrogens is 2210 g/mol. The predicted octanol–water partition coefficient (Wildman–Crippen LogP) is 22.8. The van der Waals surface area contributed by atoms with Crippen LogP contribution in [0.3, 0.4) is 0 Å². The number of nitrogens with zero attached hydrogens (tertiary/aromatic N) is 15. The minimum Gasteiger partial charge on any atom is -0.508 e. The maximum atomic E-state index is 13.6. The molecule has 0 aliphatic rings. The number of aromatic hydroxyl groups is 2. The highest BCUT2D eigenvalue weighted by molar-refractivity contribution is 14.0. The highest BCUT2D eigenvalue weighted by Gasteiger charge is 2.20. The number of alkyl carbamates (subject to hydrolysis) is 3. The number of anilines is 14. The number of phenols is 2. The normalized spacial score (nSPS) is 10.5. The fourth-order valence-corrected chi connectivity index (χ4v) is 12.6. The van der Waals surface area contributed by atoms with Gasteiger partial charge in [0, 0.05) is 80.8 Å². The molecule has 0 saturated carbocycles. The zero-order valence-electron chi connectivity index (χ0n) is 82.8. The van der Waals surface area contributed by atoms with E-state index in [1.807, 2.05) is 86.6 Å². The first-order valence-electron chi connectivity index (χ1n) is 46.0. The van der Waals surface area contributed by atoms with Crippen LogP contribution >= 0.6 is 118 Å². The van der Waals surface area contributed by atoms with Crippen molar-refractivity contribution in [2.45, 2.75) is 169 Å². The van der Waals surface area contributed by atoms with Gasteiger partial charge < -0.3 is 105 Å². The minimum atomic E-state index is -0.514. The van der Waals surface area contributed by atoms with Crippen molar-refractivity contribution in [3.8, 4) is 11.5 Å². The van der Waals surface area contributed by atoms with E-state index in [0.29, 0.717) is 129 Å². The van der Waals surface area contributed by atoms with Crippen LogP contribution in [0, 0.1) is 29.1 Å². The van der Waals surface area contributed by atoms with Gasteiger partial charge in [0.1, 0.15) is 57.4 Å². The van der Waals surface area contributed by atoms with Gasteiger partial charge in [0.05, 0.1) is 0 Å². The standard InChI is InChI=1S/C27H36FN7O3.C22H28FN7O.C19H26ClFN6O2.C10H22N2O2.C9H5Cl2FN4.C6H6FN.C3Cl3N3.2ClH.HI/c1-27(2,3)38-26(37)31-16-6-4-5-15-29-23-33-24(30-17-14-19-10-12-22(36)13-11-19)35-25(34-23)32-21-9-7-8-20(28)18-21;23-17-5-4-6-18(15-17)27-22-29-20(25-13-3-1-2-12-24)28-21(30-22)26-14-11-16-7-9-19(31)10-8-16;1-19(2,3)29-18(28)23-11-6-4-5-10-22-16-25-15(20)26-17(27-16)24-14-9-7-8-13(21)12-14;1-10(2,3)14-9(13)12-8-6-4-5-7-11;10-7-14-8(11)16-9(15-7)13-6-3-1-2-5(12)4-6;7-5-2-1-3-6(8)4-5;4-1-7-2(5)9-3(6)8-1;;;/h7-13,18,36H,4-6,14-17H2,1-3H3,(H,31,37)(H3,29,30,32,33,34,35);4-10,15,31H,1-3,11-14,24H2,(H3,25,26,27,28,29,30);7-9,12H,4-6,10-11H2,1-3H3,(H,23,28)(H2,22,24,25,26,27);4-8,11H2,1-3H3,(H,12,13);1-4H,(H,13,14,15,16);1-4H,8H2;;3*1H. The number of halogens is 14. The van der Waals surface area contributed by atoms with Gasteiger partial charge in [-0.3, -0.25) is 0 Å². The number of nitrogens with one attached hydrogen (secondary N) is 12. The Morgan fingerprint density at radius 1 is 0.297 bits per heavy atom. The Morgan fingerprint density at radius 3 is 0.784 bits per heavy atom. The van der Waals surface area contributed by atoms with Gasteiger partial charge >= 0.3 is 18.3 Å². The van der Waals surface area contributed by atoms with E-state index < -0.39 is 29.0 Å². The number of unbranched alkanes of at least 4 members (excludes halogenated alkanes) is 8. The molecule has 806 valence electrons. The van der Waals surface area contributed by atoms with Crippen LogP contribution in [0.25, 0.3) is 0 Å². The second-order valence-electron chi connectivity index (χ2n) is 33.9. The molecule has 0 radical (unpaired) electrons. The number of nitrogen functional groups attached to an aromatic ring is 1. The maximum Gasteiger partial charge on any atom is 0.407 e. The molecule has 0 fully saturated rings. The molecule has 52 heteroatoms. The van der Waals surface area contributed by atoms with E-state index in [9.17, 15) is 46.5 Å². The first-order chi connectivity index (χ1) is 69.0. The van der Waals surface area contributed by atoms with Crippen molar-refractivity contribution in [2.24, 2.45) is 11.5 Å². The van der Waals surface area contributed by atoms with Crippen molar-refractivity contribution < 1.29 is 60.8 Å². The number of nitrogens with two attached hydrogens (primary N) is 3. The Labute approximate surface area is 916 Å². The highest BCUT2D eigenvalue weighted by Crippen LogP contribution is 2.25. The average molecular weight is 2330 g/mol. The second kappa shape index (κ2) is 71.3. The summed E-state index contributed by atoms with van der Waals surface area (Å²) < 4.78 is 80.8. The van der Waals surface area contributed by atoms with Gasteiger partial charge in [-0.25, -0.2) is 36.3 Å². The third kappa shape index (κ3) is 62.0. The topological polar surface area (TPSA) is 535 Å². The zero-order chi connectivity index (χ0) is 106. The molecular formula is C96H126Cl8F5IN30O8. The van der Waals surface area contributed by atoms with Crippen LogP contribution in [0.15, 0.2) is 170 Å². The molecule has 3 amide bonds. The molecule has 38 nitrogen and oxygen atoms in total. The third-order valence-corrected chi connectivity index (χ3v) is 18.8. The second-order valence-corrected chi connectivity index (χ2v) is 35.9. The Hall–Kier alpha value is -12.4. The molecule has 0 unspecified atom stereocenters. The summed E-state index contributed by atoms with van der Waals surface area (Å²) in [5.74, 6) is 1.67. The lowest BCUT2D eigenvalue weighted by molar-refractivity contribution is 0.0515. The van der Waals surface area contributed by atoms with Gasteiger partial charge in [-0.15, -0.1) is 48.8 Å². The molecule has 148 heavy (non-hydrogen) atoms. The molecule has 0 saturated heterocycles. The maximum absolute atomic E-state index is 13.6. The van der Waals surface area contributed by atoms with Crippen molar-refractivity contribution in [1.82, 2.24) is 90.7 Å². The average Bonchev–Trinajstić information content (AvgIpc) is 0.872. The number of rotatable bonds is 41. The minimum absolute atomic E-state index is 0. The number of carbonyl (C=O) groups is 3. The van der Waals surface area contributed by atoms with Crippen molar-refractivity contribution in [3.63, 3.8) is 0 Å². The van der Waals surface area contributed by atoms with E-state index >= 15 is 0 Å². The van der Waals surface area contributed by atoms with Crippen LogP contribution in [0.4, 0.5) is 118 Å². The summed E-state index contributed by atoms with van der Waals surface area (Å²) in [6, 6.07) is 43.9. The molecule has 0 atom stereocenters. The molecule has 20 N–H and O–H groups in total. The van der Waals surface area contributed by atoms with E-state index in [1.54, 1.807) is 84.9 Å². The molecule has 5 aromatic heterocycles. The SMILES string of the molecule is CC(C)(C)OC(=O)NCCCCCN.CC(C)(C)OC(=O)NCCCCCNc1nc(Cl)nc(Nc2cccc(F)c2)n1.CC(C)(C)OC(=O)NCCCCCNc1nc(NCCc2ccc(O)cc2)nc(Nc2cccc(F)c2)n1.Cl.Cl.Clc1nc(Cl)nc(Cl)n1.Fc1cccc(Nc2nc(Cl)nc(Cl)n2)c1.I.NCCCCCNc1nc(NCCc2ccc(O)cc2)nc(Nc2cccc(F)c2)n1.Nc1cccc(F)c1. The highest BCUT2D eigenvalue weighted by atomic mass is 127. The molecule has 0 bridgehead atoms. The number of amides is 3. The van der Waals surface area contributed by atoms with E-state index in [2.05, 4.69) is 139 Å². The van der Waals surface area contributed by atoms with E-state index in [1.165, 1.54) is 60.7 Å². The number of aromatic nitrogens is 15. The van der Waals surface area contributed by atoms with Gasteiger partial charge in [0.15, 0.2) is 0 Å². The Bertz CT molecular complexity index is 5800. The van der Waals surface area contributed by atoms with E-state index in [0.717, 1.165) is 101 Å². The monoisotopic (exact) mass is 2330 g/mol. The summed E-state index contributed by atoms with van der Waals surface area (Å²) in [7, 11) is 0. The fourth-order valence-electron chi connectivity index (χ4n) is 11.5. The summed E-state index contributed by atoms with van der Waals surface area (Å²) in [5.41, 5.74) is 19.3. The lowest BCUT2D eigenvalue weighted by atomic mass is 10.1. The van der Waals surface area contributed by atoms with Crippen molar-refractivity contribution in [1.29, 1.82) is 0 Å². The van der Waals surface area contributed by atoms with Gasteiger partial charge in [-0.05, 0) is 348 Å². The van der Waals surface area contributed by atoms with Crippen LogP contribution in [-0.2, 0) is 27.1 Å². The molecule has 0 spiro atoms. The van der Waals surface area contributed by atoms with Gasteiger partial charge in [-0.2, -0.15) is 74.8 Å². The zero-order valence-corrected chi connectivity index (χ0v) is 91.3. The smallest absolute Gasteiger partial charge is 0.407 e. The van der Waals surface area contributed by atoms with E-state index in [4.69, 9.17) is 101 Å². The van der Waals surface area contributed by atoms with Gasteiger partial charge in [-0.1, -0.05) is 67.4 Å². The Morgan fingerprint density at radius 2 is 0.520 bits per heavy atom. The largest absolute Gasteiger partial charge is 0.508 e. The predicted molar refractivity (Wildman–Crippen MR) is 591 cm³/mol. The quantitative estimate of drug-likeness (QED) is 0.00556. The number of hydrogen-bond donors (Lipinski definition) is 17. The summed E-state index contributed by atoms with van der Waals surface area (Å²) in [6.45, 7) is 22.8. The fraction of sp³-hybridized carbons (Fsp3) is 0.375. The number of hydrogen-bond acceptors (Lipinski definition) is 35. The van der Waals surface area contributed by atoms with Crippen molar-refractivity contribution >= 4 is 219 Å². The summed E-state index contributed by atoms with van der Waals surface area (Å²) >= 11 is 33.1.